The number of piperidine rings is 1. The van der Waals surface area contributed by atoms with Crippen LogP contribution < -0.4 is 15.4 Å². The van der Waals surface area contributed by atoms with E-state index < -0.39 is 0 Å². The maximum absolute atomic E-state index is 12.3. The number of nitrogens with zero attached hydrogens (tertiary/aromatic N) is 1. The first-order chi connectivity index (χ1) is 12.8. The number of carbonyl (C=O) groups excluding carboxylic acids is 1. The number of rotatable bonds is 6. The number of likely N-dealkylation sites (tertiary alicyclic amines) is 1. The van der Waals surface area contributed by atoms with Crippen LogP contribution in [0.5, 0.6) is 5.75 Å². The zero-order valence-electron chi connectivity index (χ0n) is 15.7. The summed E-state index contributed by atoms with van der Waals surface area (Å²) in [7, 11) is 1.69. The minimum atomic E-state index is -0.0817. The van der Waals surface area contributed by atoms with Gasteiger partial charge < -0.3 is 20.1 Å². The summed E-state index contributed by atoms with van der Waals surface area (Å²) in [5.41, 5.74) is 1.19. The molecule has 2 aliphatic heterocycles. The molecular formula is C20H31N3O3. The summed E-state index contributed by atoms with van der Waals surface area (Å²) in [6.45, 7) is 4.20. The van der Waals surface area contributed by atoms with Crippen LogP contribution in [-0.4, -0.2) is 56.9 Å². The summed E-state index contributed by atoms with van der Waals surface area (Å²) in [5, 5.41) is 6.17. The highest BCUT2D eigenvalue weighted by molar-refractivity contribution is 5.74. The lowest BCUT2D eigenvalue weighted by atomic mass is 10.0. The number of ether oxygens (including phenoxy) is 2. The maximum atomic E-state index is 12.3. The number of amides is 2. The van der Waals surface area contributed by atoms with Gasteiger partial charge in [0.25, 0.3) is 0 Å². The van der Waals surface area contributed by atoms with Gasteiger partial charge in [-0.1, -0.05) is 18.6 Å². The molecule has 2 aliphatic rings. The van der Waals surface area contributed by atoms with E-state index in [9.17, 15) is 4.79 Å². The van der Waals surface area contributed by atoms with Gasteiger partial charge in [0.15, 0.2) is 0 Å². The molecule has 6 heteroatoms. The van der Waals surface area contributed by atoms with Crippen molar-refractivity contribution in [3.63, 3.8) is 0 Å². The number of carbonyl (C=O) groups is 1. The lowest BCUT2D eigenvalue weighted by molar-refractivity contribution is 0.0799. The first kappa shape index (κ1) is 19.0. The number of methoxy groups -OCH3 is 1. The minimum Gasteiger partial charge on any atom is -0.497 e. The Kier molecular flexibility index (Phi) is 7.14. The highest BCUT2D eigenvalue weighted by Gasteiger charge is 2.24. The number of benzene rings is 1. The van der Waals surface area contributed by atoms with Crippen LogP contribution >= 0.6 is 0 Å². The van der Waals surface area contributed by atoms with Crippen LogP contribution in [0.4, 0.5) is 4.79 Å². The van der Waals surface area contributed by atoms with Gasteiger partial charge in [-0.25, -0.2) is 4.79 Å². The van der Waals surface area contributed by atoms with Gasteiger partial charge in [0.05, 0.1) is 13.2 Å². The fourth-order valence-corrected chi connectivity index (χ4v) is 3.80. The van der Waals surface area contributed by atoms with E-state index in [-0.39, 0.29) is 18.1 Å². The summed E-state index contributed by atoms with van der Waals surface area (Å²) in [4.78, 5) is 14.8. The predicted octanol–water partition coefficient (Wildman–Crippen LogP) is 2.70. The number of hydrogen-bond acceptors (Lipinski definition) is 4. The van der Waals surface area contributed by atoms with E-state index in [0.29, 0.717) is 6.54 Å². The second kappa shape index (κ2) is 9.78. The Bertz CT molecular complexity index is 569. The molecule has 1 aromatic carbocycles. The molecule has 0 bridgehead atoms. The third-order valence-corrected chi connectivity index (χ3v) is 5.32. The molecule has 2 heterocycles. The molecule has 2 amide bonds. The Morgan fingerprint density at radius 3 is 2.77 bits per heavy atom. The van der Waals surface area contributed by atoms with Gasteiger partial charge in [-0.05, 0) is 56.5 Å². The van der Waals surface area contributed by atoms with Crippen molar-refractivity contribution in [2.45, 2.75) is 44.2 Å². The van der Waals surface area contributed by atoms with Crippen molar-refractivity contribution in [2.75, 3.05) is 40.0 Å². The Balaban J connectivity index is 1.62. The third kappa shape index (κ3) is 5.35. The molecule has 0 saturated carbocycles. The Morgan fingerprint density at radius 2 is 2.04 bits per heavy atom. The van der Waals surface area contributed by atoms with Crippen LogP contribution in [0.3, 0.4) is 0 Å². The average molecular weight is 361 g/mol. The van der Waals surface area contributed by atoms with Crippen LogP contribution in [0.1, 0.15) is 43.7 Å². The SMILES string of the molecule is COc1cccc(C(CNC(=O)NC2CCOCC2)N2CCCCC2)c1. The molecule has 2 fully saturated rings. The van der Waals surface area contributed by atoms with Crippen molar-refractivity contribution >= 4 is 6.03 Å². The zero-order chi connectivity index (χ0) is 18.2. The molecule has 1 aromatic rings. The molecule has 1 atom stereocenters. The lowest BCUT2D eigenvalue weighted by Gasteiger charge is -2.35. The van der Waals surface area contributed by atoms with Crippen LogP contribution in [0.15, 0.2) is 24.3 Å². The fourth-order valence-electron chi connectivity index (χ4n) is 3.80. The van der Waals surface area contributed by atoms with E-state index >= 15 is 0 Å². The molecule has 2 saturated heterocycles. The summed E-state index contributed by atoms with van der Waals surface area (Å²) in [6, 6.07) is 8.49. The van der Waals surface area contributed by atoms with Gasteiger partial charge in [-0.2, -0.15) is 0 Å². The quantitative estimate of drug-likeness (QED) is 0.818. The highest BCUT2D eigenvalue weighted by atomic mass is 16.5. The van der Waals surface area contributed by atoms with Crippen molar-refractivity contribution in [3.8, 4) is 5.75 Å². The summed E-state index contributed by atoms with van der Waals surface area (Å²) < 4.78 is 10.7. The van der Waals surface area contributed by atoms with Crippen molar-refractivity contribution < 1.29 is 14.3 Å². The molecule has 0 aromatic heterocycles. The highest BCUT2D eigenvalue weighted by Crippen LogP contribution is 2.26. The van der Waals surface area contributed by atoms with Crippen molar-refractivity contribution in [1.82, 2.24) is 15.5 Å². The van der Waals surface area contributed by atoms with Gasteiger partial charge in [-0.3, -0.25) is 4.90 Å². The second-order valence-corrected chi connectivity index (χ2v) is 7.13. The normalized spacial score (nSPS) is 20.3. The number of nitrogens with one attached hydrogen (secondary N) is 2. The van der Waals surface area contributed by atoms with E-state index in [1.165, 1.54) is 24.8 Å². The topological polar surface area (TPSA) is 62.8 Å². The van der Waals surface area contributed by atoms with E-state index in [0.717, 1.165) is 44.9 Å². The van der Waals surface area contributed by atoms with Crippen molar-refractivity contribution in [1.29, 1.82) is 0 Å². The van der Waals surface area contributed by atoms with Crippen LogP contribution in [-0.2, 0) is 4.74 Å². The number of hydrogen-bond donors (Lipinski definition) is 2. The van der Waals surface area contributed by atoms with E-state index in [2.05, 4.69) is 27.7 Å². The Morgan fingerprint density at radius 1 is 1.27 bits per heavy atom. The average Bonchev–Trinajstić information content (AvgIpc) is 2.70. The lowest BCUT2D eigenvalue weighted by Crippen LogP contribution is -2.47. The predicted molar refractivity (Wildman–Crippen MR) is 102 cm³/mol. The van der Waals surface area contributed by atoms with Gasteiger partial charge in [-0.15, -0.1) is 0 Å². The van der Waals surface area contributed by atoms with Gasteiger partial charge >= 0.3 is 6.03 Å². The van der Waals surface area contributed by atoms with Crippen LogP contribution in [0.25, 0.3) is 0 Å². The molecular weight excluding hydrogens is 330 g/mol. The van der Waals surface area contributed by atoms with E-state index in [4.69, 9.17) is 9.47 Å². The number of urea groups is 1. The molecule has 0 radical (unpaired) electrons. The molecule has 0 aliphatic carbocycles. The van der Waals surface area contributed by atoms with Crippen LogP contribution in [0.2, 0.25) is 0 Å². The smallest absolute Gasteiger partial charge is 0.315 e. The third-order valence-electron chi connectivity index (χ3n) is 5.32. The van der Waals surface area contributed by atoms with Gasteiger partial charge in [0, 0.05) is 25.8 Å². The standard InChI is InChI=1S/C20H31N3O3/c1-25-18-7-5-6-16(14-18)19(23-10-3-2-4-11-23)15-21-20(24)22-17-8-12-26-13-9-17/h5-7,14,17,19H,2-4,8-13,15H2,1H3,(H2,21,22,24). The minimum absolute atomic E-state index is 0.0817. The monoisotopic (exact) mass is 361 g/mol. The van der Waals surface area contributed by atoms with Crippen molar-refractivity contribution in [2.24, 2.45) is 0 Å². The van der Waals surface area contributed by atoms with Gasteiger partial charge in [0.1, 0.15) is 5.75 Å². The molecule has 144 valence electrons. The Labute approximate surface area is 156 Å². The largest absolute Gasteiger partial charge is 0.497 e. The first-order valence-corrected chi connectivity index (χ1v) is 9.76. The van der Waals surface area contributed by atoms with Gasteiger partial charge in [0.2, 0.25) is 0 Å². The summed E-state index contributed by atoms with van der Waals surface area (Å²) in [6.07, 6.45) is 5.50. The Hall–Kier alpha value is -1.79. The van der Waals surface area contributed by atoms with E-state index in [1.54, 1.807) is 7.11 Å². The summed E-state index contributed by atoms with van der Waals surface area (Å²) in [5.74, 6) is 0.858. The summed E-state index contributed by atoms with van der Waals surface area (Å²) >= 11 is 0. The van der Waals surface area contributed by atoms with E-state index in [1.807, 2.05) is 12.1 Å². The van der Waals surface area contributed by atoms with Crippen molar-refractivity contribution in [3.05, 3.63) is 29.8 Å². The molecule has 0 spiro atoms. The molecule has 26 heavy (non-hydrogen) atoms. The molecule has 3 rings (SSSR count). The zero-order valence-corrected chi connectivity index (χ0v) is 15.7. The van der Waals surface area contributed by atoms with Crippen LogP contribution in [0, 0.1) is 0 Å². The second-order valence-electron chi connectivity index (χ2n) is 7.13. The molecule has 1 unspecified atom stereocenters. The fraction of sp³-hybridized carbons (Fsp3) is 0.650. The molecule has 2 N–H and O–H groups in total. The molecule has 6 nitrogen and oxygen atoms in total. The first-order valence-electron chi connectivity index (χ1n) is 9.76. The maximum Gasteiger partial charge on any atom is 0.315 e.